The van der Waals surface area contributed by atoms with Crippen LogP contribution in [0.4, 0.5) is 0 Å². The molecule has 152 valence electrons. The van der Waals surface area contributed by atoms with Crippen molar-refractivity contribution in [1.82, 2.24) is 20.6 Å². The molecule has 0 fully saturated rings. The maximum Gasteiger partial charge on any atom is 0.273 e. The number of hydrazine groups is 1. The summed E-state index contributed by atoms with van der Waals surface area (Å²) in [7, 11) is 1.62. The lowest BCUT2D eigenvalue weighted by atomic mass is 10.1. The molecule has 0 radical (unpaired) electrons. The molecule has 2 N–H and O–H groups in total. The predicted octanol–water partition coefficient (Wildman–Crippen LogP) is 2.79. The van der Waals surface area contributed by atoms with E-state index in [9.17, 15) is 9.59 Å². The highest BCUT2D eigenvalue weighted by atomic mass is 16.5. The number of hydrogen-bond donors (Lipinski definition) is 2. The normalized spacial score (nSPS) is 10.6. The zero-order valence-electron chi connectivity index (χ0n) is 16.9. The number of nitrogens with zero attached hydrogens (tertiary/aromatic N) is 2. The summed E-state index contributed by atoms with van der Waals surface area (Å²) in [6, 6.07) is 9.19. The van der Waals surface area contributed by atoms with Crippen LogP contribution in [0, 0.1) is 20.8 Å². The molecule has 0 aliphatic heterocycles. The van der Waals surface area contributed by atoms with Gasteiger partial charge in [-0.15, -0.1) is 0 Å². The van der Waals surface area contributed by atoms with Crippen molar-refractivity contribution in [2.45, 2.75) is 33.6 Å². The Morgan fingerprint density at radius 3 is 2.66 bits per heavy atom. The fourth-order valence-electron chi connectivity index (χ4n) is 3.15. The number of carbonyl (C=O) groups is 2. The number of amides is 2. The van der Waals surface area contributed by atoms with Crippen LogP contribution in [0.3, 0.4) is 0 Å². The topological polar surface area (TPSA) is 98.4 Å². The van der Waals surface area contributed by atoms with E-state index < -0.39 is 5.91 Å². The van der Waals surface area contributed by atoms with Crippen molar-refractivity contribution < 1.29 is 18.7 Å². The molecule has 8 nitrogen and oxygen atoms in total. The molecule has 2 heterocycles. The van der Waals surface area contributed by atoms with E-state index in [0.717, 1.165) is 28.4 Å². The molecule has 29 heavy (non-hydrogen) atoms. The average molecular weight is 396 g/mol. The summed E-state index contributed by atoms with van der Waals surface area (Å²) in [5.74, 6) is 0.544. The van der Waals surface area contributed by atoms with Crippen molar-refractivity contribution in [2.24, 2.45) is 0 Å². The van der Waals surface area contributed by atoms with E-state index in [0.29, 0.717) is 17.7 Å². The quantitative estimate of drug-likeness (QED) is 0.625. The van der Waals surface area contributed by atoms with Crippen LogP contribution >= 0.6 is 0 Å². The molecule has 0 spiro atoms. The van der Waals surface area contributed by atoms with Crippen molar-refractivity contribution in [1.29, 1.82) is 0 Å². The summed E-state index contributed by atoms with van der Waals surface area (Å²) in [6.07, 6.45) is 2.15. The van der Waals surface area contributed by atoms with E-state index in [4.69, 9.17) is 9.15 Å². The van der Waals surface area contributed by atoms with Gasteiger partial charge in [0.05, 0.1) is 30.3 Å². The number of ether oxygens (including phenoxy) is 1. The molecule has 0 unspecified atom stereocenters. The number of aryl methyl sites for hydroxylation is 2. The SMILES string of the molecule is COc1cccc(-n2nc(C)c(CCC(=O)NNC(=O)c3ccoc3C)c2C)c1. The van der Waals surface area contributed by atoms with Gasteiger partial charge in [-0.25, -0.2) is 4.68 Å². The van der Waals surface area contributed by atoms with Gasteiger partial charge in [0, 0.05) is 18.2 Å². The second-order valence-corrected chi connectivity index (χ2v) is 6.66. The average Bonchev–Trinajstić information content (AvgIpc) is 3.27. The molecule has 2 aromatic heterocycles. The number of carbonyl (C=O) groups excluding carboxylic acids is 2. The highest BCUT2D eigenvalue weighted by Crippen LogP contribution is 2.22. The number of benzene rings is 1. The largest absolute Gasteiger partial charge is 0.497 e. The summed E-state index contributed by atoms with van der Waals surface area (Å²) in [5, 5.41) is 4.60. The standard InChI is InChI=1S/C21H24N4O4/c1-13-18(14(2)25(24-13)16-6-5-7-17(12-16)28-4)8-9-20(26)22-23-21(27)19-10-11-29-15(19)3/h5-7,10-12H,8-9H2,1-4H3,(H,22,26)(H,23,27). The molecular formula is C21H24N4O4. The van der Waals surface area contributed by atoms with Crippen LogP contribution in [0.2, 0.25) is 0 Å². The number of furan rings is 1. The van der Waals surface area contributed by atoms with Gasteiger partial charge in [-0.05, 0) is 51.0 Å². The molecule has 0 atom stereocenters. The fraction of sp³-hybridized carbons (Fsp3) is 0.286. The van der Waals surface area contributed by atoms with Crippen LogP contribution in [0.15, 0.2) is 41.0 Å². The Labute approximate surface area is 168 Å². The minimum Gasteiger partial charge on any atom is -0.497 e. The Kier molecular flexibility index (Phi) is 6.01. The second-order valence-electron chi connectivity index (χ2n) is 6.66. The Hall–Kier alpha value is -3.55. The van der Waals surface area contributed by atoms with Crippen LogP contribution in [0.25, 0.3) is 5.69 Å². The number of nitrogens with one attached hydrogen (secondary N) is 2. The Bertz CT molecular complexity index is 1040. The van der Waals surface area contributed by atoms with Crippen LogP contribution in [0.5, 0.6) is 5.75 Å². The molecule has 0 bridgehead atoms. The maximum atomic E-state index is 12.2. The first-order chi connectivity index (χ1) is 13.9. The van der Waals surface area contributed by atoms with Gasteiger partial charge in [0.2, 0.25) is 5.91 Å². The highest BCUT2D eigenvalue weighted by molar-refractivity contribution is 5.96. The molecule has 0 saturated carbocycles. The van der Waals surface area contributed by atoms with E-state index in [2.05, 4.69) is 16.0 Å². The molecule has 3 rings (SSSR count). The zero-order chi connectivity index (χ0) is 21.0. The van der Waals surface area contributed by atoms with Gasteiger partial charge in [-0.3, -0.25) is 20.4 Å². The molecule has 8 heteroatoms. The Balaban J connectivity index is 1.62. The van der Waals surface area contributed by atoms with Crippen molar-refractivity contribution in [3.63, 3.8) is 0 Å². The number of hydrogen-bond acceptors (Lipinski definition) is 5. The maximum absolute atomic E-state index is 12.2. The minimum absolute atomic E-state index is 0.218. The first-order valence-corrected chi connectivity index (χ1v) is 9.23. The molecule has 3 aromatic rings. The predicted molar refractivity (Wildman–Crippen MR) is 107 cm³/mol. The van der Waals surface area contributed by atoms with Crippen molar-refractivity contribution in [2.75, 3.05) is 7.11 Å². The number of methoxy groups -OCH3 is 1. The Morgan fingerprint density at radius 1 is 1.17 bits per heavy atom. The van der Waals surface area contributed by atoms with Crippen LogP contribution in [-0.4, -0.2) is 28.7 Å². The summed E-state index contributed by atoms with van der Waals surface area (Å²) in [5.41, 5.74) is 8.93. The summed E-state index contributed by atoms with van der Waals surface area (Å²) in [6.45, 7) is 5.57. The van der Waals surface area contributed by atoms with Gasteiger partial charge in [0.25, 0.3) is 5.91 Å². The third kappa shape index (κ3) is 4.48. The van der Waals surface area contributed by atoms with Crippen molar-refractivity contribution in [3.05, 3.63) is 64.9 Å². The highest BCUT2D eigenvalue weighted by Gasteiger charge is 2.16. The fourth-order valence-corrected chi connectivity index (χ4v) is 3.15. The first-order valence-electron chi connectivity index (χ1n) is 9.23. The van der Waals surface area contributed by atoms with E-state index in [1.807, 2.05) is 42.8 Å². The van der Waals surface area contributed by atoms with Gasteiger partial charge < -0.3 is 9.15 Å². The second kappa shape index (κ2) is 8.64. The molecule has 0 aliphatic rings. The van der Waals surface area contributed by atoms with Crippen LogP contribution < -0.4 is 15.6 Å². The lowest BCUT2D eigenvalue weighted by Gasteiger charge is -2.08. The molecule has 1 aromatic carbocycles. The summed E-state index contributed by atoms with van der Waals surface area (Å²) >= 11 is 0. The number of rotatable bonds is 6. The monoisotopic (exact) mass is 396 g/mol. The molecule has 0 aliphatic carbocycles. The van der Waals surface area contributed by atoms with E-state index in [-0.39, 0.29) is 12.3 Å². The van der Waals surface area contributed by atoms with E-state index in [1.54, 1.807) is 20.1 Å². The Morgan fingerprint density at radius 2 is 1.97 bits per heavy atom. The summed E-state index contributed by atoms with van der Waals surface area (Å²) < 4.78 is 12.2. The van der Waals surface area contributed by atoms with E-state index >= 15 is 0 Å². The lowest BCUT2D eigenvalue weighted by molar-refractivity contribution is -0.121. The van der Waals surface area contributed by atoms with Gasteiger partial charge in [0.15, 0.2) is 0 Å². The van der Waals surface area contributed by atoms with Gasteiger partial charge in [0.1, 0.15) is 11.5 Å². The minimum atomic E-state index is -0.414. The zero-order valence-corrected chi connectivity index (χ0v) is 16.9. The third-order valence-electron chi connectivity index (χ3n) is 4.76. The third-order valence-corrected chi connectivity index (χ3v) is 4.76. The molecule has 2 amide bonds. The van der Waals surface area contributed by atoms with Crippen LogP contribution in [0.1, 0.15) is 39.5 Å². The molecule has 0 saturated heterocycles. The number of aromatic nitrogens is 2. The first kappa shape index (κ1) is 20.2. The lowest BCUT2D eigenvalue weighted by Crippen LogP contribution is -2.41. The van der Waals surface area contributed by atoms with Crippen LogP contribution in [-0.2, 0) is 11.2 Å². The van der Waals surface area contributed by atoms with Crippen molar-refractivity contribution >= 4 is 11.8 Å². The van der Waals surface area contributed by atoms with Gasteiger partial charge in [-0.2, -0.15) is 5.10 Å². The van der Waals surface area contributed by atoms with E-state index in [1.165, 1.54) is 6.26 Å². The molecular weight excluding hydrogens is 372 g/mol. The van der Waals surface area contributed by atoms with Crippen molar-refractivity contribution in [3.8, 4) is 11.4 Å². The van der Waals surface area contributed by atoms with Gasteiger partial charge in [-0.1, -0.05) is 6.07 Å². The van der Waals surface area contributed by atoms with Gasteiger partial charge >= 0.3 is 0 Å². The smallest absolute Gasteiger partial charge is 0.273 e. The summed E-state index contributed by atoms with van der Waals surface area (Å²) in [4.78, 5) is 24.2.